The van der Waals surface area contributed by atoms with Crippen molar-refractivity contribution in [3.63, 3.8) is 0 Å². The van der Waals surface area contributed by atoms with E-state index in [0.717, 1.165) is 0 Å². The standard InChI is InChI=1S/C22H20BrCl4N3O5S/c1-10-15(16(29-35-10)11-5-3-4-6-13(11)24)17(31)28-21(2,23)7-12-18(32)30-14(8-36-19(12)30)20(33)34-9-22(25,26)27/h3-6,12,14,19H,7-9H2,1-2H3,(H,28,31). The van der Waals surface area contributed by atoms with E-state index in [1.54, 1.807) is 38.1 Å². The molecule has 2 amide bonds. The molecule has 1 aromatic heterocycles. The number of carbonyl (C=O) groups is 3. The average molecular weight is 660 g/mol. The van der Waals surface area contributed by atoms with Crippen LogP contribution in [0.3, 0.4) is 0 Å². The van der Waals surface area contributed by atoms with Crippen LogP contribution in [0.4, 0.5) is 0 Å². The van der Waals surface area contributed by atoms with Gasteiger partial charge in [0.15, 0.2) is 0 Å². The topological polar surface area (TPSA) is 102 Å². The van der Waals surface area contributed by atoms with Crippen LogP contribution in [0.5, 0.6) is 0 Å². The first-order valence-corrected chi connectivity index (χ1v) is 14.0. The molecule has 0 aliphatic carbocycles. The van der Waals surface area contributed by atoms with Crippen LogP contribution in [-0.4, -0.2) is 59.9 Å². The second-order valence-corrected chi connectivity index (χ2v) is 14.4. The number of amides is 2. The van der Waals surface area contributed by atoms with Gasteiger partial charge in [0.25, 0.3) is 5.91 Å². The summed E-state index contributed by atoms with van der Waals surface area (Å²) in [5.41, 5.74) is 1.15. The van der Waals surface area contributed by atoms with Crippen LogP contribution in [0.15, 0.2) is 28.8 Å². The molecule has 2 saturated heterocycles. The van der Waals surface area contributed by atoms with Gasteiger partial charge < -0.3 is 19.5 Å². The van der Waals surface area contributed by atoms with E-state index in [1.807, 2.05) is 0 Å². The van der Waals surface area contributed by atoms with E-state index in [0.29, 0.717) is 27.8 Å². The summed E-state index contributed by atoms with van der Waals surface area (Å²) in [4.78, 5) is 40.1. The molecule has 0 spiro atoms. The number of halogens is 5. The molecule has 194 valence electrons. The van der Waals surface area contributed by atoms with Gasteiger partial charge >= 0.3 is 5.97 Å². The van der Waals surface area contributed by atoms with Crippen molar-refractivity contribution in [2.75, 3.05) is 12.4 Å². The molecule has 4 atom stereocenters. The molecule has 4 rings (SSSR count). The first-order valence-electron chi connectivity index (χ1n) is 10.7. The molecule has 3 heterocycles. The number of aryl methyl sites for hydroxylation is 1. The lowest BCUT2D eigenvalue weighted by Gasteiger charge is -2.46. The molecule has 4 unspecified atom stereocenters. The maximum Gasteiger partial charge on any atom is 0.329 e. The van der Waals surface area contributed by atoms with Crippen molar-refractivity contribution in [3.8, 4) is 11.3 Å². The highest BCUT2D eigenvalue weighted by atomic mass is 79.9. The molecule has 1 N–H and O–H groups in total. The number of thioether (sulfide) groups is 1. The number of aromatic nitrogens is 1. The monoisotopic (exact) mass is 657 g/mol. The quantitative estimate of drug-likeness (QED) is 0.185. The van der Waals surface area contributed by atoms with Gasteiger partial charge in [-0.1, -0.05) is 85.7 Å². The van der Waals surface area contributed by atoms with Crippen molar-refractivity contribution in [3.05, 3.63) is 40.6 Å². The lowest BCUT2D eigenvalue weighted by molar-refractivity contribution is -0.165. The summed E-state index contributed by atoms with van der Waals surface area (Å²) in [6.45, 7) is 2.99. The third kappa shape index (κ3) is 5.78. The number of carbonyl (C=O) groups excluding carboxylic acids is 3. The van der Waals surface area contributed by atoms with Gasteiger partial charge in [-0.3, -0.25) is 9.59 Å². The van der Waals surface area contributed by atoms with Crippen LogP contribution in [0.25, 0.3) is 11.3 Å². The van der Waals surface area contributed by atoms with Gasteiger partial charge in [-0.15, -0.1) is 11.8 Å². The van der Waals surface area contributed by atoms with Gasteiger partial charge in [0.05, 0.1) is 20.8 Å². The van der Waals surface area contributed by atoms with Crippen molar-refractivity contribution in [2.45, 2.75) is 39.9 Å². The minimum absolute atomic E-state index is 0.210. The van der Waals surface area contributed by atoms with Gasteiger partial charge in [0.1, 0.15) is 29.7 Å². The van der Waals surface area contributed by atoms with E-state index in [2.05, 4.69) is 26.4 Å². The van der Waals surface area contributed by atoms with Gasteiger partial charge in [-0.2, -0.15) is 0 Å². The molecular formula is C22H20BrCl4N3O5S. The zero-order chi connectivity index (χ0) is 26.4. The predicted molar refractivity (Wildman–Crippen MR) is 143 cm³/mol. The van der Waals surface area contributed by atoms with Crippen LogP contribution in [-0.2, 0) is 14.3 Å². The number of nitrogens with one attached hydrogen (secondary N) is 1. The summed E-state index contributed by atoms with van der Waals surface area (Å²) in [6.07, 6.45) is 0.285. The number of nitrogens with zero attached hydrogens (tertiary/aromatic N) is 2. The molecule has 2 aliphatic heterocycles. The van der Waals surface area contributed by atoms with Crippen LogP contribution < -0.4 is 5.32 Å². The van der Waals surface area contributed by atoms with Crippen LogP contribution in [0.2, 0.25) is 5.02 Å². The first-order chi connectivity index (χ1) is 16.8. The minimum atomic E-state index is -1.73. The van der Waals surface area contributed by atoms with Crippen molar-refractivity contribution in [1.82, 2.24) is 15.4 Å². The van der Waals surface area contributed by atoms with Crippen LogP contribution in [0, 0.1) is 12.8 Å². The summed E-state index contributed by atoms with van der Waals surface area (Å²) >= 11 is 28.2. The fourth-order valence-electron chi connectivity index (χ4n) is 4.21. The Balaban J connectivity index is 1.42. The molecule has 2 fully saturated rings. The van der Waals surface area contributed by atoms with E-state index in [1.165, 1.54) is 16.7 Å². The zero-order valence-electron chi connectivity index (χ0n) is 18.9. The first kappa shape index (κ1) is 27.9. The third-order valence-electron chi connectivity index (χ3n) is 5.80. The van der Waals surface area contributed by atoms with Crippen molar-refractivity contribution >= 4 is 91.9 Å². The number of β-lactam (4-membered cyclic amide) rings is 1. The number of benzene rings is 1. The molecule has 2 aliphatic rings. The Morgan fingerprint density at radius 1 is 1.33 bits per heavy atom. The predicted octanol–water partition coefficient (Wildman–Crippen LogP) is 5.35. The Kier molecular flexibility index (Phi) is 8.15. The van der Waals surface area contributed by atoms with E-state index >= 15 is 0 Å². The van der Waals surface area contributed by atoms with E-state index in [-0.39, 0.29) is 23.3 Å². The third-order valence-corrected chi connectivity index (χ3v) is 8.38. The fourth-order valence-corrected chi connectivity index (χ4v) is 6.66. The molecule has 8 nitrogen and oxygen atoms in total. The highest BCUT2D eigenvalue weighted by molar-refractivity contribution is 9.10. The molecule has 14 heteroatoms. The Morgan fingerprint density at radius 3 is 2.69 bits per heavy atom. The maximum absolute atomic E-state index is 13.3. The van der Waals surface area contributed by atoms with E-state index in [9.17, 15) is 14.4 Å². The SMILES string of the molecule is Cc1onc(-c2ccccc2Cl)c1C(=O)NC(C)(Br)CC1C(=O)N2C(C(=O)OCC(Cl)(Cl)Cl)CSC12. The maximum atomic E-state index is 13.3. The number of fused-ring (bicyclic) bond motifs is 1. The highest BCUT2D eigenvalue weighted by Gasteiger charge is 2.58. The van der Waals surface area contributed by atoms with E-state index < -0.39 is 38.7 Å². The summed E-state index contributed by atoms with van der Waals surface area (Å²) < 4.78 is 7.67. The van der Waals surface area contributed by atoms with Gasteiger partial charge in [0, 0.05) is 11.3 Å². The molecule has 0 bridgehead atoms. The number of rotatable bonds is 7. The van der Waals surface area contributed by atoms with Gasteiger partial charge in [-0.25, -0.2) is 4.79 Å². The smallest absolute Gasteiger partial charge is 0.329 e. The summed E-state index contributed by atoms with van der Waals surface area (Å²) in [5.74, 6) is -0.972. The number of hydrogen-bond acceptors (Lipinski definition) is 7. The average Bonchev–Trinajstić information content (AvgIpc) is 3.37. The van der Waals surface area contributed by atoms with Crippen molar-refractivity contribution in [2.24, 2.45) is 5.92 Å². The largest absolute Gasteiger partial charge is 0.460 e. The lowest BCUT2D eigenvalue weighted by Crippen LogP contribution is -2.63. The van der Waals surface area contributed by atoms with Crippen LogP contribution >= 0.6 is 74.1 Å². The molecule has 1 aromatic carbocycles. The number of ether oxygens (including phenoxy) is 1. The van der Waals surface area contributed by atoms with Gasteiger partial charge in [-0.05, 0) is 26.3 Å². The van der Waals surface area contributed by atoms with Crippen LogP contribution in [0.1, 0.15) is 29.5 Å². The second-order valence-electron chi connectivity index (χ2n) is 8.61. The number of esters is 1. The Labute approximate surface area is 239 Å². The minimum Gasteiger partial charge on any atom is -0.460 e. The van der Waals surface area contributed by atoms with Crippen molar-refractivity contribution in [1.29, 1.82) is 0 Å². The molecular weight excluding hydrogens is 640 g/mol. The van der Waals surface area contributed by atoms with Crippen molar-refractivity contribution < 1.29 is 23.6 Å². The number of hydrogen-bond donors (Lipinski definition) is 1. The summed E-state index contributed by atoms with van der Waals surface area (Å²) in [6, 6.07) is 6.27. The lowest BCUT2D eigenvalue weighted by atomic mass is 9.89. The molecule has 2 aromatic rings. The highest BCUT2D eigenvalue weighted by Crippen LogP contribution is 2.47. The number of alkyl halides is 4. The zero-order valence-corrected chi connectivity index (χ0v) is 24.3. The molecule has 0 radical (unpaired) electrons. The molecule has 36 heavy (non-hydrogen) atoms. The molecule has 0 saturated carbocycles. The summed E-state index contributed by atoms with van der Waals surface area (Å²) in [7, 11) is 0. The second kappa shape index (κ2) is 10.5. The Bertz CT molecular complexity index is 1200. The fraction of sp³-hybridized carbons (Fsp3) is 0.455. The van der Waals surface area contributed by atoms with E-state index in [4.69, 9.17) is 55.7 Å². The van der Waals surface area contributed by atoms with Gasteiger partial charge in [0.2, 0.25) is 9.70 Å². The summed E-state index contributed by atoms with van der Waals surface area (Å²) in [5, 5.41) is 7.15. The Hall–Kier alpha value is -1.17. The Morgan fingerprint density at radius 2 is 2.03 bits per heavy atom. The normalized spacial score (nSPS) is 23.0.